The second-order valence-electron chi connectivity index (χ2n) is 9.65. The first-order chi connectivity index (χ1) is 13.3. The van der Waals surface area contributed by atoms with Crippen LogP contribution in [-0.2, 0) is 9.47 Å². The number of nitrogens with zero attached hydrogens (tertiary/aromatic N) is 1. The quantitative estimate of drug-likeness (QED) is 0.504. The molecule has 3 rings (SSSR count). The molecule has 0 atom stereocenters. The predicted molar refractivity (Wildman–Crippen MR) is 113 cm³/mol. The molecule has 0 aliphatic heterocycles. The molecule has 0 spiro atoms. The summed E-state index contributed by atoms with van der Waals surface area (Å²) < 4.78 is 10.7. The van der Waals surface area contributed by atoms with Crippen molar-refractivity contribution in [2.75, 3.05) is 27.4 Å². The van der Waals surface area contributed by atoms with E-state index in [1.807, 2.05) is 14.2 Å². The average molecular weight is 380 g/mol. The van der Waals surface area contributed by atoms with Crippen molar-refractivity contribution in [3.63, 3.8) is 0 Å². The van der Waals surface area contributed by atoms with E-state index in [2.05, 4.69) is 4.90 Å². The van der Waals surface area contributed by atoms with Crippen LogP contribution in [0.5, 0.6) is 0 Å². The number of rotatable bonds is 9. The SMILES string of the molecule is COCCC1CCC(N(C2CCCCC2)C2CCC(CCOC)CC2)CC1. The lowest BCUT2D eigenvalue weighted by Crippen LogP contribution is -2.52. The number of methoxy groups -OCH3 is 2. The third kappa shape index (κ3) is 6.44. The Hall–Kier alpha value is -0.120. The van der Waals surface area contributed by atoms with E-state index in [0.29, 0.717) is 0 Å². The second-order valence-corrected chi connectivity index (χ2v) is 9.65. The Bertz CT molecular complexity index is 352. The lowest BCUT2D eigenvalue weighted by molar-refractivity contribution is 0.00556. The summed E-state index contributed by atoms with van der Waals surface area (Å²) in [6.45, 7) is 1.90. The molecule has 0 unspecified atom stereocenters. The summed E-state index contributed by atoms with van der Waals surface area (Å²) in [6.07, 6.45) is 21.4. The Labute approximate surface area is 168 Å². The predicted octanol–water partition coefficient (Wildman–Crippen LogP) is 5.81. The van der Waals surface area contributed by atoms with Gasteiger partial charge in [0.05, 0.1) is 0 Å². The minimum Gasteiger partial charge on any atom is -0.385 e. The minimum absolute atomic E-state index is 0.868. The molecule has 0 aromatic carbocycles. The van der Waals surface area contributed by atoms with Crippen molar-refractivity contribution in [2.45, 2.75) is 114 Å². The van der Waals surface area contributed by atoms with E-state index in [-0.39, 0.29) is 0 Å². The molecule has 0 aromatic rings. The molecule has 0 amide bonds. The molecule has 3 saturated carbocycles. The fourth-order valence-electron chi connectivity index (χ4n) is 6.31. The first kappa shape index (κ1) is 21.6. The molecule has 3 aliphatic carbocycles. The van der Waals surface area contributed by atoms with Gasteiger partial charge >= 0.3 is 0 Å². The smallest absolute Gasteiger partial charge is 0.0464 e. The van der Waals surface area contributed by atoms with Crippen molar-refractivity contribution >= 4 is 0 Å². The molecule has 3 nitrogen and oxygen atoms in total. The zero-order chi connectivity index (χ0) is 18.9. The number of hydrogen-bond acceptors (Lipinski definition) is 3. The van der Waals surface area contributed by atoms with E-state index in [0.717, 1.165) is 43.2 Å². The van der Waals surface area contributed by atoms with Crippen LogP contribution in [-0.4, -0.2) is 50.5 Å². The molecular formula is C24H45NO2. The molecule has 0 radical (unpaired) electrons. The van der Waals surface area contributed by atoms with Gasteiger partial charge in [0.15, 0.2) is 0 Å². The zero-order valence-electron chi connectivity index (χ0n) is 18.2. The second kappa shape index (κ2) is 11.8. The third-order valence-corrected chi connectivity index (χ3v) is 7.93. The lowest BCUT2D eigenvalue weighted by atomic mass is 9.78. The van der Waals surface area contributed by atoms with E-state index < -0.39 is 0 Å². The summed E-state index contributed by atoms with van der Waals surface area (Å²) in [7, 11) is 3.69. The minimum atomic E-state index is 0.868. The zero-order valence-corrected chi connectivity index (χ0v) is 18.2. The van der Waals surface area contributed by atoms with Crippen LogP contribution in [0.1, 0.15) is 96.3 Å². The molecule has 3 heteroatoms. The molecule has 3 aliphatic rings. The highest BCUT2D eigenvalue weighted by Gasteiger charge is 2.36. The van der Waals surface area contributed by atoms with Crippen LogP contribution in [0.2, 0.25) is 0 Å². The van der Waals surface area contributed by atoms with Crippen molar-refractivity contribution in [1.29, 1.82) is 0 Å². The van der Waals surface area contributed by atoms with Gasteiger partial charge in [0.2, 0.25) is 0 Å². The summed E-state index contributed by atoms with van der Waals surface area (Å²) in [4.78, 5) is 3.10. The molecule has 0 N–H and O–H groups in total. The largest absolute Gasteiger partial charge is 0.385 e. The van der Waals surface area contributed by atoms with Crippen LogP contribution < -0.4 is 0 Å². The maximum Gasteiger partial charge on any atom is 0.0464 e. The Balaban J connectivity index is 1.55. The third-order valence-electron chi connectivity index (χ3n) is 7.93. The standard InChI is InChI=1S/C24H45NO2/c1-26-18-16-20-8-12-23(13-9-20)25(22-6-4-3-5-7-22)24-14-10-21(11-15-24)17-19-27-2/h20-24H,3-19H2,1-2H3. The van der Waals surface area contributed by atoms with E-state index in [9.17, 15) is 0 Å². The van der Waals surface area contributed by atoms with E-state index in [4.69, 9.17) is 9.47 Å². The van der Waals surface area contributed by atoms with Gasteiger partial charge in [-0.1, -0.05) is 19.3 Å². The highest BCUT2D eigenvalue weighted by Crippen LogP contribution is 2.39. The van der Waals surface area contributed by atoms with Gasteiger partial charge in [-0.25, -0.2) is 0 Å². The maximum absolute atomic E-state index is 5.33. The summed E-state index contributed by atoms with van der Waals surface area (Å²) in [5, 5.41) is 0. The van der Waals surface area contributed by atoms with Crippen LogP contribution >= 0.6 is 0 Å². The van der Waals surface area contributed by atoms with Crippen LogP contribution in [0.15, 0.2) is 0 Å². The van der Waals surface area contributed by atoms with Gasteiger partial charge in [0, 0.05) is 45.6 Å². The van der Waals surface area contributed by atoms with Crippen molar-refractivity contribution in [1.82, 2.24) is 4.90 Å². The molecule has 3 fully saturated rings. The average Bonchev–Trinajstić information content (AvgIpc) is 2.73. The van der Waals surface area contributed by atoms with Crippen LogP contribution in [0, 0.1) is 11.8 Å². The number of hydrogen-bond donors (Lipinski definition) is 0. The van der Waals surface area contributed by atoms with E-state index in [1.54, 1.807) is 0 Å². The normalized spacial score (nSPS) is 33.4. The molecule has 0 heterocycles. The molecule has 0 saturated heterocycles. The van der Waals surface area contributed by atoms with Crippen molar-refractivity contribution in [3.8, 4) is 0 Å². The van der Waals surface area contributed by atoms with Gasteiger partial charge in [-0.2, -0.15) is 0 Å². The molecular weight excluding hydrogens is 334 g/mol. The van der Waals surface area contributed by atoms with Gasteiger partial charge in [0.25, 0.3) is 0 Å². The fraction of sp³-hybridized carbons (Fsp3) is 1.00. The first-order valence-corrected chi connectivity index (χ1v) is 12.1. The van der Waals surface area contributed by atoms with Crippen LogP contribution in [0.3, 0.4) is 0 Å². The molecule has 158 valence electrons. The molecule has 0 bridgehead atoms. The monoisotopic (exact) mass is 379 g/mol. The Morgan fingerprint density at radius 1 is 0.556 bits per heavy atom. The summed E-state index contributed by atoms with van der Waals surface area (Å²) >= 11 is 0. The topological polar surface area (TPSA) is 21.7 Å². The van der Waals surface area contributed by atoms with Crippen molar-refractivity contribution in [2.24, 2.45) is 11.8 Å². The summed E-state index contributed by atoms with van der Waals surface area (Å²) in [5.74, 6) is 1.83. The fourth-order valence-corrected chi connectivity index (χ4v) is 6.31. The molecule has 0 aromatic heterocycles. The summed E-state index contributed by atoms with van der Waals surface area (Å²) in [6, 6.07) is 2.62. The highest BCUT2D eigenvalue weighted by atomic mass is 16.5. The Kier molecular flexibility index (Phi) is 9.42. The van der Waals surface area contributed by atoms with Crippen molar-refractivity contribution < 1.29 is 9.47 Å². The van der Waals surface area contributed by atoms with E-state index in [1.165, 1.54) is 96.3 Å². The first-order valence-electron chi connectivity index (χ1n) is 12.1. The Morgan fingerprint density at radius 2 is 0.963 bits per heavy atom. The Morgan fingerprint density at radius 3 is 1.37 bits per heavy atom. The van der Waals surface area contributed by atoms with Gasteiger partial charge < -0.3 is 9.47 Å². The number of ether oxygens (including phenoxy) is 2. The van der Waals surface area contributed by atoms with E-state index >= 15 is 0 Å². The lowest BCUT2D eigenvalue weighted by Gasteiger charge is -2.49. The molecule has 27 heavy (non-hydrogen) atoms. The van der Waals surface area contributed by atoms with Gasteiger partial charge in [-0.15, -0.1) is 0 Å². The maximum atomic E-state index is 5.33. The summed E-state index contributed by atoms with van der Waals surface area (Å²) in [5.41, 5.74) is 0. The van der Waals surface area contributed by atoms with Gasteiger partial charge in [-0.3, -0.25) is 4.90 Å². The highest BCUT2D eigenvalue weighted by molar-refractivity contribution is 4.91. The van der Waals surface area contributed by atoms with Crippen molar-refractivity contribution in [3.05, 3.63) is 0 Å². The van der Waals surface area contributed by atoms with Gasteiger partial charge in [-0.05, 0) is 88.9 Å². The van der Waals surface area contributed by atoms with Crippen LogP contribution in [0.25, 0.3) is 0 Å². The van der Waals surface area contributed by atoms with Gasteiger partial charge in [0.1, 0.15) is 0 Å². The van der Waals surface area contributed by atoms with Crippen LogP contribution in [0.4, 0.5) is 0 Å².